The summed E-state index contributed by atoms with van der Waals surface area (Å²) >= 11 is 6.46. The van der Waals surface area contributed by atoms with Gasteiger partial charge in [-0.25, -0.2) is 9.07 Å². The maximum absolute atomic E-state index is 13.3. The monoisotopic (exact) mass is 399 g/mol. The van der Waals surface area contributed by atoms with Crippen molar-refractivity contribution in [1.29, 1.82) is 0 Å². The molecule has 0 radical (unpaired) electrons. The second-order valence-corrected chi connectivity index (χ2v) is 7.57. The van der Waals surface area contributed by atoms with Crippen molar-refractivity contribution < 1.29 is 9.13 Å². The molecule has 2 aromatic carbocycles. The molecule has 0 bridgehead atoms. The van der Waals surface area contributed by atoms with Gasteiger partial charge in [0.25, 0.3) is 0 Å². The summed E-state index contributed by atoms with van der Waals surface area (Å²) < 4.78 is 20.6. The van der Waals surface area contributed by atoms with Gasteiger partial charge in [0.1, 0.15) is 5.82 Å². The fraction of sp³-hybridized carbons (Fsp3) is 0.318. The minimum Gasteiger partial charge on any atom is -0.381 e. The third-order valence-corrected chi connectivity index (χ3v) is 5.57. The Morgan fingerprint density at radius 2 is 1.86 bits per heavy atom. The highest BCUT2D eigenvalue weighted by Gasteiger charge is 2.22. The SMILES string of the molecule is CN(Cc1cn(-c2ccc(F)cc2)nc1-c1ccccc1Cl)C1CCOCC1. The third-order valence-electron chi connectivity index (χ3n) is 5.24. The van der Waals surface area contributed by atoms with Crippen LogP contribution in [0.1, 0.15) is 18.4 Å². The zero-order chi connectivity index (χ0) is 19.5. The lowest BCUT2D eigenvalue weighted by molar-refractivity contribution is 0.0407. The van der Waals surface area contributed by atoms with Crippen molar-refractivity contribution in [3.05, 3.63) is 71.1 Å². The van der Waals surface area contributed by atoms with E-state index in [1.165, 1.54) is 12.1 Å². The highest BCUT2D eigenvalue weighted by atomic mass is 35.5. The van der Waals surface area contributed by atoms with Crippen LogP contribution < -0.4 is 0 Å². The standard InChI is InChI=1S/C22H23ClFN3O/c1-26(18-10-12-28-13-11-18)14-16-15-27(19-8-6-17(24)7-9-19)25-22(16)20-4-2-3-5-21(20)23/h2-9,15,18H,10-14H2,1H3. The van der Waals surface area contributed by atoms with Crippen molar-refractivity contribution in [3.63, 3.8) is 0 Å². The van der Waals surface area contributed by atoms with E-state index in [9.17, 15) is 4.39 Å². The summed E-state index contributed by atoms with van der Waals surface area (Å²) in [6.45, 7) is 2.37. The van der Waals surface area contributed by atoms with Gasteiger partial charge < -0.3 is 4.74 Å². The van der Waals surface area contributed by atoms with E-state index < -0.39 is 0 Å². The van der Waals surface area contributed by atoms with Crippen LogP contribution in [0.15, 0.2) is 54.7 Å². The highest BCUT2D eigenvalue weighted by Crippen LogP contribution is 2.31. The summed E-state index contributed by atoms with van der Waals surface area (Å²) in [5.74, 6) is -0.262. The minimum absolute atomic E-state index is 0.262. The summed E-state index contributed by atoms with van der Waals surface area (Å²) in [6, 6.07) is 14.6. The first-order chi connectivity index (χ1) is 13.6. The average Bonchev–Trinajstić information content (AvgIpc) is 3.13. The number of hydrogen-bond acceptors (Lipinski definition) is 3. The highest BCUT2D eigenvalue weighted by molar-refractivity contribution is 6.33. The molecule has 1 aromatic heterocycles. The Balaban J connectivity index is 1.70. The van der Waals surface area contributed by atoms with Crippen LogP contribution in [0.4, 0.5) is 4.39 Å². The van der Waals surface area contributed by atoms with Gasteiger partial charge in [-0.05, 0) is 50.2 Å². The van der Waals surface area contributed by atoms with Crippen molar-refractivity contribution in [3.8, 4) is 16.9 Å². The predicted molar refractivity (Wildman–Crippen MR) is 109 cm³/mol. The zero-order valence-electron chi connectivity index (χ0n) is 15.8. The second kappa shape index (κ2) is 8.43. The number of aromatic nitrogens is 2. The van der Waals surface area contributed by atoms with E-state index in [2.05, 4.69) is 11.9 Å². The third kappa shape index (κ3) is 4.12. The van der Waals surface area contributed by atoms with Crippen molar-refractivity contribution in [2.45, 2.75) is 25.4 Å². The molecule has 0 N–H and O–H groups in total. The molecular weight excluding hydrogens is 377 g/mol. The van der Waals surface area contributed by atoms with Crippen LogP contribution in [0.25, 0.3) is 16.9 Å². The van der Waals surface area contributed by atoms with Gasteiger partial charge >= 0.3 is 0 Å². The Morgan fingerprint density at radius 1 is 1.14 bits per heavy atom. The first-order valence-corrected chi connectivity index (χ1v) is 9.87. The molecule has 1 saturated heterocycles. The van der Waals surface area contributed by atoms with Crippen LogP contribution in [0.5, 0.6) is 0 Å². The number of benzene rings is 2. The molecule has 146 valence electrons. The van der Waals surface area contributed by atoms with Crippen LogP contribution in [-0.2, 0) is 11.3 Å². The molecule has 1 aliphatic rings. The lowest BCUT2D eigenvalue weighted by atomic mass is 10.0. The molecule has 1 fully saturated rings. The topological polar surface area (TPSA) is 30.3 Å². The van der Waals surface area contributed by atoms with Crippen LogP contribution in [-0.4, -0.2) is 41.0 Å². The van der Waals surface area contributed by atoms with E-state index in [4.69, 9.17) is 21.4 Å². The Kier molecular flexibility index (Phi) is 5.76. The molecule has 0 unspecified atom stereocenters. The van der Waals surface area contributed by atoms with E-state index in [1.54, 1.807) is 16.8 Å². The number of ether oxygens (including phenoxy) is 1. The molecule has 0 aliphatic carbocycles. The predicted octanol–water partition coefficient (Wildman–Crippen LogP) is 4.94. The molecule has 4 nitrogen and oxygen atoms in total. The zero-order valence-corrected chi connectivity index (χ0v) is 16.6. The number of rotatable bonds is 5. The molecule has 1 aliphatic heterocycles. The Morgan fingerprint density at radius 3 is 2.57 bits per heavy atom. The number of hydrogen-bond donors (Lipinski definition) is 0. The molecule has 0 atom stereocenters. The van der Waals surface area contributed by atoms with E-state index >= 15 is 0 Å². The van der Waals surface area contributed by atoms with Crippen molar-refractivity contribution in [2.75, 3.05) is 20.3 Å². The van der Waals surface area contributed by atoms with Crippen molar-refractivity contribution >= 4 is 11.6 Å². The molecule has 4 rings (SSSR count). The van der Waals surface area contributed by atoms with Gasteiger partial charge in [-0.15, -0.1) is 0 Å². The number of halogens is 2. The van der Waals surface area contributed by atoms with Gasteiger partial charge in [0.2, 0.25) is 0 Å². The maximum Gasteiger partial charge on any atom is 0.123 e. The fourth-order valence-corrected chi connectivity index (χ4v) is 3.88. The average molecular weight is 400 g/mol. The van der Waals surface area contributed by atoms with Crippen LogP contribution in [0.3, 0.4) is 0 Å². The van der Waals surface area contributed by atoms with Crippen molar-refractivity contribution in [1.82, 2.24) is 14.7 Å². The first-order valence-electron chi connectivity index (χ1n) is 9.49. The Labute approximate surface area is 169 Å². The maximum atomic E-state index is 13.3. The summed E-state index contributed by atoms with van der Waals surface area (Å²) in [4.78, 5) is 2.36. The molecule has 28 heavy (non-hydrogen) atoms. The quantitative estimate of drug-likeness (QED) is 0.608. The van der Waals surface area contributed by atoms with Crippen LogP contribution in [0.2, 0.25) is 5.02 Å². The van der Waals surface area contributed by atoms with Gasteiger partial charge in [0.05, 0.1) is 16.4 Å². The summed E-state index contributed by atoms with van der Waals surface area (Å²) in [6.07, 6.45) is 4.08. The molecule has 0 amide bonds. The lowest BCUT2D eigenvalue weighted by Crippen LogP contribution is -2.36. The van der Waals surface area contributed by atoms with E-state index in [0.717, 1.165) is 55.1 Å². The molecule has 6 heteroatoms. The van der Waals surface area contributed by atoms with Gasteiger partial charge in [-0.1, -0.05) is 29.8 Å². The minimum atomic E-state index is -0.262. The summed E-state index contributed by atoms with van der Waals surface area (Å²) in [5.41, 5.74) is 3.66. The van der Waals surface area contributed by atoms with Crippen LogP contribution in [0, 0.1) is 5.82 Å². The molecule has 0 saturated carbocycles. The number of nitrogens with zero attached hydrogens (tertiary/aromatic N) is 3. The Bertz CT molecular complexity index is 935. The lowest BCUT2D eigenvalue weighted by Gasteiger charge is -2.31. The Hall–Kier alpha value is -2.21. The molecule has 0 spiro atoms. The normalized spacial score (nSPS) is 15.3. The molecule has 2 heterocycles. The second-order valence-electron chi connectivity index (χ2n) is 7.16. The van der Waals surface area contributed by atoms with E-state index in [1.807, 2.05) is 30.5 Å². The van der Waals surface area contributed by atoms with Gasteiger partial charge in [-0.3, -0.25) is 4.90 Å². The van der Waals surface area contributed by atoms with E-state index in [-0.39, 0.29) is 5.82 Å². The van der Waals surface area contributed by atoms with Gasteiger partial charge in [0.15, 0.2) is 0 Å². The summed E-state index contributed by atoms with van der Waals surface area (Å²) in [5, 5.41) is 5.47. The van der Waals surface area contributed by atoms with Crippen molar-refractivity contribution in [2.24, 2.45) is 0 Å². The molecular formula is C22H23ClFN3O. The smallest absolute Gasteiger partial charge is 0.123 e. The van der Waals surface area contributed by atoms with Gasteiger partial charge in [0, 0.05) is 43.1 Å². The van der Waals surface area contributed by atoms with E-state index in [0.29, 0.717) is 11.1 Å². The van der Waals surface area contributed by atoms with Crippen LogP contribution >= 0.6 is 11.6 Å². The van der Waals surface area contributed by atoms with Gasteiger partial charge in [-0.2, -0.15) is 5.10 Å². The summed E-state index contributed by atoms with van der Waals surface area (Å²) in [7, 11) is 2.14. The molecule has 3 aromatic rings. The first kappa shape index (κ1) is 19.1. The fourth-order valence-electron chi connectivity index (χ4n) is 3.66. The largest absolute Gasteiger partial charge is 0.381 e.